The van der Waals surface area contributed by atoms with Crippen LogP contribution in [-0.2, 0) is 22.9 Å². The smallest absolute Gasteiger partial charge is 0.246 e. The van der Waals surface area contributed by atoms with Crippen molar-refractivity contribution in [2.45, 2.75) is 43.5 Å². The molecule has 1 heterocycles. The van der Waals surface area contributed by atoms with Crippen molar-refractivity contribution < 1.29 is 17.9 Å². The van der Waals surface area contributed by atoms with Gasteiger partial charge in [-0.15, -0.1) is 0 Å². The first-order valence-corrected chi connectivity index (χ1v) is 12.5. The van der Waals surface area contributed by atoms with Gasteiger partial charge in [-0.1, -0.05) is 25.1 Å². The molecule has 4 rings (SSSR count). The molecule has 0 aromatic heterocycles. The van der Waals surface area contributed by atoms with E-state index >= 15 is 0 Å². The van der Waals surface area contributed by atoms with Gasteiger partial charge in [-0.25, -0.2) is 8.42 Å². The van der Waals surface area contributed by atoms with E-state index in [0.29, 0.717) is 30.6 Å². The average molecular weight is 445 g/mol. The second kappa shape index (κ2) is 9.18. The molecule has 6 nitrogen and oxygen atoms in total. The van der Waals surface area contributed by atoms with E-state index in [9.17, 15) is 8.42 Å². The molecule has 0 saturated carbocycles. The van der Waals surface area contributed by atoms with Crippen LogP contribution >= 0.6 is 0 Å². The van der Waals surface area contributed by atoms with Crippen LogP contribution in [0.2, 0.25) is 0 Å². The zero-order valence-corrected chi connectivity index (χ0v) is 19.5. The summed E-state index contributed by atoms with van der Waals surface area (Å²) in [6.07, 6.45) is 4.20. The molecule has 0 bridgehead atoms. The van der Waals surface area contributed by atoms with Crippen LogP contribution < -0.4 is 9.47 Å². The third kappa shape index (κ3) is 4.19. The zero-order chi connectivity index (χ0) is 22.0. The normalized spacial score (nSPS) is 18.3. The molecule has 7 heteroatoms. The van der Waals surface area contributed by atoms with Crippen LogP contribution in [0.5, 0.6) is 11.5 Å². The summed E-state index contributed by atoms with van der Waals surface area (Å²) in [5.74, 6) is 0.838. The van der Waals surface area contributed by atoms with Crippen LogP contribution in [0.25, 0.3) is 0 Å². The Morgan fingerprint density at radius 1 is 1.10 bits per heavy atom. The van der Waals surface area contributed by atoms with E-state index in [2.05, 4.69) is 23.1 Å². The molecular weight excluding hydrogens is 412 g/mol. The maximum atomic E-state index is 13.4. The maximum absolute atomic E-state index is 13.4. The third-order valence-corrected chi connectivity index (χ3v) is 8.61. The Bertz CT molecular complexity index is 1040. The Labute approximate surface area is 185 Å². The standard InChI is InChI=1S/C24H32N2O4S/c1-4-26(31(27,28)23-17-20(29-2)10-12-22(23)30-3)15-6-14-25-16-13-19-8-5-7-18-9-11-21(25)24(18)19/h5,7-8,10,12,17,21H,4,6,9,11,13-16H2,1-3H3. The lowest BCUT2D eigenvalue weighted by Crippen LogP contribution is -2.38. The van der Waals surface area contributed by atoms with Gasteiger partial charge in [0.15, 0.2) is 0 Å². The van der Waals surface area contributed by atoms with E-state index in [4.69, 9.17) is 9.47 Å². The minimum atomic E-state index is -3.68. The largest absolute Gasteiger partial charge is 0.497 e. The fourth-order valence-corrected chi connectivity index (χ4v) is 6.70. The van der Waals surface area contributed by atoms with Crippen molar-refractivity contribution in [1.82, 2.24) is 9.21 Å². The first-order chi connectivity index (χ1) is 15.0. The van der Waals surface area contributed by atoms with Gasteiger partial charge in [0.05, 0.1) is 14.2 Å². The topological polar surface area (TPSA) is 59.1 Å². The monoisotopic (exact) mass is 444 g/mol. The molecular formula is C24H32N2O4S. The molecule has 1 unspecified atom stereocenters. The van der Waals surface area contributed by atoms with Gasteiger partial charge < -0.3 is 9.47 Å². The Hall–Kier alpha value is -2.09. The first-order valence-electron chi connectivity index (χ1n) is 11.1. The molecule has 0 fully saturated rings. The molecule has 0 N–H and O–H groups in total. The molecule has 2 aliphatic rings. The minimum Gasteiger partial charge on any atom is -0.497 e. The molecule has 31 heavy (non-hydrogen) atoms. The molecule has 0 saturated heterocycles. The molecule has 1 aliphatic heterocycles. The van der Waals surface area contributed by atoms with E-state index in [1.807, 2.05) is 6.92 Å². The van der Waals surface area contributed by atoms with E-state index < -0.39 is 10.0 Å². The highest BCUT2D eigenvalue weighted by molar-refractivity contribution is 7.89. The summed E-state index contributed by atoms with van der Waals surface area (Å²) in [4.78, 5) is 2.70. The van der Waals surface area contributed by atoms with Gasteiger partial charge in [-0.2, -0.15) is 4.31 Å². The summed E-state index contributed by atoms with van der Waals surface area (Å²) in [6, 6.07) is 12.1. The zero-order valence-electron chi connectivity index (χ0n) is 18.6. The fraction of sp³-hybridized carbons (Fsp3) is 0.500. The summed E-state index contributed by atoms with van der Waals surface area (Å²) in [7, 11) is -0.661. The lowest BCUT2D eigenvalue weighted by molar-refractivity contribution is 0.179. The summed E-state index contributed by atoms with van der Waals surface area (Å²) < 4.78 is 38.8. The lowest BCUT2D eigenvalue weighted by atomic mass is 9.93. The highest BCUT2D eigenvalue weighted by atomic mass is 32.2. The van der Waals surface area contributed by atoms with Gasteiger partial charge in [0.1, 0.15) is 16.4 Å². The van der Waals surface area contributed by atoms with Gasteiger partial charge in [0.25, 0.3) is 0 Å². The summed E-state index contributed by atoms with van der Waals surface area (Å²) in [6.45, 7) is 4.73. The molecule has 2 aromatic carbocycles. The van der Waals surface area contributed by atoms with Crippen molar-refractivity contribution in [1.29, 1.82) is 0 Å². The van der Waals surface area contributed by atoms with E-state index in [1.165, 1.54) is 37.3 Å². The van der Waals surface area contributed by atoms with E-state index in [1.54, 1.807) is 22.5 Å². The van der Waals surface area contributed by atoms with Crippen molar-refractivity contribution >= 4 is 10.0 Å². The summed E-state index contributed by atoms with van der Waals surface area (Å²) in [5.41, 5.74) is 4.53. The number of benzene rings is 2. The quantitative estimate of drug-likeness (QED) is 0.591. The van der Waals surface area contributed by atoms with Crippen molar-refractivity contribution in [3.8, 4) is 11.5 Å². The summed E-state index contributed by atoms with van der Waals surface area (Å²) in [5, 5.41) is 0. The van der Waals surface area contributed by atoms with Crippen LogP contribution in [0.3, 0.4) is 0 Å². The Morgan fingerprint density at radius 3 is 2.58 bits per heavy atom. The second-order valence-corrected chi connectivity index (χ2v) is 10.1. The summed E-state index contributed by atoms with van der Waals surface area (Å²) >= 11 is 0. The predicted octanol–water partition coefficient (Wildman–Crippen LogP) is 3.65. The predicted molar refractivity (Wildman–Crippen MR) is 121 cm³/mol. The molecule has 0 spiro atoms. The number of rotatable bonds is 9. The number of aryl methyl sites for hydroxylation is 1. The highest BCUT2D eigenvalue weighted by Gasteiger charge is 2.33. The van der Waals surface area contributed by atoms with Crippen molar-refractivity contribution in [3.05, 3.63) is 53.1 Å². The number of nitrogens with zero attached hydrogens (tertiary/aromatic N) is 2. The maximum Gasteiger partial charge on any atom is 0.246 e. The number of sulfonamides is 1. The van der Waals surface area contributed by atoms with Crippen LogP contribution in [0, 0.1) is 0 Å². The van der Waals surface area contributed by atoms with Gasteiger partial charge in [-0.3, -0.25) is 4.90 Å². The number of hydrogen-bond donors (Lipinski definition) is 0. The van der Waals surface area contributed by atoms with Crippen LogP contribution in [0.1, 0.15) is 42.5 Å². The Kier molecular flexibility index (Phi) is 6.55. The van der Waals surface area contributed by atoms with Crippen molar-refractivity contribution in [2.75, 3.05) is 40.4 Å². The molecule has 1 aliphatic carbocycles. The molecule has 1 atom stereocenters. The van der Waals surface area contributed by atoms with Gasteiger partial charge in [0, 0.05) is 38.3 Å². The van der Waals surface area contributed by atoms with E-state index in [-0.39, 0.29) is 4.90 Å². The van der Waals surface area contributed by atoms with Gasteiger partial charge >= 0.3 is 0 Å². The third-order valence-electron chi connectivity index (χ3n) is 6.61. The molecule has 0 amide bonds. The number of methoxy groups -OCH3 is 2. The first kappa shape index (κ1) is 22.1. The van der Waals surface area contributed by atoms with Crippen molar-refractivity contribution in [2.24, 2.45) is 0 Å². The Morgan fingerprint density at radius 2 is 1.87 bits per heavy atom. The van der Waals surface area contributed by atoms with E-state index in [0.717, 1.165) is 32.4 Å². The fourth-order valence-electron chi connectivity index (χ4n) is 5.04. The van der Waals surface area contributed by atoms with Crippen LogP contribution in [0.4, 0.5) is 0 Å². The van der Waals surface area contributed by atoms with Crippen LogP contribution in [-0.4, -0.2) is 58.0 Å². The average Bonchev–Trinajstić information content (AvgIpc) is 3.23. The molecule has 0 radical (unpaired) electrons. The van der Waals surface area contributed by atoms with Crippen LogP contribution in [0.15, 0.2) is 41.3 Å². The Balaban J connectivity index is 1.45. The number of hydrogen-bond acceptors (Lipinski definition) is 5. The molecule has 168 valence electrons. The number of ether oxygens (including phenoxy) is 2. The SMILES string of the molecule is CCN(CCCN1CCc2cccc3c2C1CC3)S(=O)(=O)c1cc(OC)ccc1OC. The highest BCUT2D eigenvalue weighted by Crippen LogP contribution is 2.41. The van der Waals surface area contributed by atoms with Gasteiger partial charge in [0.2, 0.25) is 10.0 Å². The lowest BCUT2D eigenvalue weighted by Gasteiger charge is -2.35. The van der Waals surface area contributed by atoms with Gasteiger partial charge in [-0.05, 0) is 54.5 Å². The second-order valence-electron chi connectivity index (χ2n) is 8.20. The minimum absolute atomic E-state index is 0.156. The molecule has 2 aromatic rings. The van der Waals surface area contributed by atoms with Crippen molar-refractivity contribution in [3.63, 3.8) is 0 Å².